The molecule has 118 valence electrons. The van der Waals surface area contributed by atoms with Crippen LogP contribution < -0.4 is 0 Å². The molecule has 0 spiro atoms. The fourth-order valence-electron chi connectivity index (χ4n) is 1.50. The van der Waals surface area contributed by atoms with Gasteiger partial charge in [-0.1, -0.05) is 11.6 Å². The number of nitro groups is 1. The summed E-state index contributed by atoms with van der Waals surface area (Å²) in [6.45, 7) is 3.82. The molecule has 1 N–H and O–H groups in total. The van der Waals surface area contributed by atoms with Crippen LogP contribution in [0.15, 0.2) is 10.3 Å². The van der Waals surface area contributed by atoms with Gasteiger partial charge in [0, 0.05) is 11.6 Å². The van der Waals surface area contributed by atoms with Crippen LogP contribution in [0.4, 0.5) is 5.69 Å². The molecule has 1 aromatic heterocycles. The molecule has 0 amide bonds. The Bertz CT molecular complexity index is 676. The van der Waals surface area contributed by atoms with E-state index in [1.54, 1.807) is 0 Å². The quantitative estimate of drug-likeness (QED) is 0.638. The third-order valence-electron chi connectivity index (χ3n) is 2.41. The van der Waals surface area contributed by atoms with Crippen LogP contribution in [0, 0.1) is 10.1 Å². The van der Waals surface area contributed by atoms with E-state index in [4.69, 9.17) is 16.7 Å². The number of carbonyl (C=O) groups is 1. The van der Waals surface area contributed by atoms with Crippen molar-refractivity contribution < 1.29 is 23.2 Å². The maximum absolute atomic E-state index is 12.5. The number of nitrogens with zero attached hydrogens (tertiary/aromatic N) is 2. The number of carboxylic acids is 1. The van der Waals surface area contributed by atoms with Crippen molar-refractivity contribution in [2.75, 3.05) is 6.54 Å². The first-order chi connectivity index (χ1) is 9.37. The highest BCUT2D eigenvalue weighted by Gasteiger charge is 2.38. The lowest BCUT2D eigenvalue weighted by molar-refractivity contribution is -0.384. The number of halogens is 1. The minimum Gasteiger partial charge on any atom is -0.480 e. The Labute approximate surface area is 130 Å². The van der Waals surface area contributed by atoms with Crippen LogP contribution in [-0.4, -0.2) is 40.8 Å². The van der Waals surface area contributed by atoms with E-state index in [9.17, 15) is 23.3 Å². The van der Waals surface area contributed by atoms with Gasteiger partial charge in [0.2, 0.25) is 0 Å². The molecule has 1 heterocycles. The Balaban J connectivity index is 3.39. The molecule has 0 saturated heterocycles. The summed E-state index contributed by atoms with van der Waals surface area (Å²) in [5, 5.41) is 19.6. The average molecular weight is 357 g/mol. The molecule has 0 atom stereocenters. The predicted molar refractivity (Wildman–Crippen MR) is 77.3 cm³/mol. The number of rotatable bonds is 5. The van der Waals surface area contributed by atoms with Crippen molar-refractivity contribution in [2.24, 2.45) is 0 Å². The number of carboxylic acid groups (broad SMARTS) is 1. The third-order valence-corrected chi connectivity index (χ3v) is 6.31. The Hall–Kier alpha value is -1.23. The first-order valence-corrected chi connectivity index (χ1v) is 8.19. The molecule has 1 aromatic rings. The van der Waals surface area contributed by atoms with Crippen molar-refractivity contribution in [1.29, 1.82) is 0 Å². The van der Waals surface area contributed by atoms with E-state index >= 15 is 0 Å². The van der Waals surface area contributed by atoms with Gasteiger partial charge in [-0.2, -0.15) is 4.31 Å². The van der Waals surface area contributed by atoms with Gasteiger partial charge < -0.3 is 5.11 Å². The van der Waals surface area contributed by atoms with Crippen molar-refractivity contribution in [3.05, 3.63) is 20.5 Å². The Morgan fingerprint density at radius 1 is 1.52 bits per heavy atom. The summed E-state index contributed by atoms with van der Waals surface area (Å²) >= 11 is 6.17. The zero-order valence-electron chi connectivity index (χ0n) is 11.4. The molecule has 0 radical (unpaired) electrons. The zero-order valence-corrected chi connectivity index (χ0v) is 13.8. The van der Waals surface area contributed by atoms with Crippen molar-refractivity contribution in [1.82, 2.24) is 4.31 Å². The molecular weight excluding hydrogens is 344 g/mol. The van der Waals surface area contributed by atoms with Crippen LogP contribution in [0.2, 0.25) is 4.34 Å². The number of sulfonamides is 1. The second-order valence-electron chi connectivity index (χ2n) is 5.06. The summed E-state index contributed by atoms with van der Waals surface area (Å²) in [7, 11) is -4.21. The van der Waals surface area contributed by atoms with Gasteiger partial charge in [0.1, 0.15) is 10.8 Å². The number of hydrogen-bond acceptors (Lipinski definition) is 6. The van der Waals surface area contributed by atoms with Crippen molar-refractivity contribution in [2.45, 2.75) is 30.5 Å². The highest BCUT2D eigenvalue weighted by Crippen LogP contribution is 2.38. The lowest BCUT2D eigenvalue weighted by atomic mass is 10.1. The average Bonchev–Trinajstić information content (AvgIpc) is 2.67. The molecule has 0 aromatic carbocycles. The largest absolute Gasteiger partial charge is 0.480 e. The molecule has 0 bridgehead atoms. The number of thiophene rings is 1. The summed E-state index contributed by atoms with van der Waals surface area (Å²) in [6.07, 6.45) is 0. The second kappa shape index (κ2) is 5.87. The third kappa shape index (κ3) is 3.90. The molecule has 11 heteroatoms. The topological polar surface area (TPSA) is 118 Å². The maximum Gasteiger partial charge on any atom is 0.318 e. The minimum absolute atomic E-state index is 0.275. The predicted octanol–water partition coefficient (Wildman–Crippen LogP) is 2.18. The van der Waals surface area contributed by atoms with Crippen LogP contribution in [0.1, 0.15) is 20.8 Å². The van der Waals surface area contributed by atoms with Gasteiger partial charge in [-0.3, -0.25) is 14.9 Å². The lowest BCUT2D eigenvalue weighted by Gasteiger charge is -2.32. The Morgan fingerprint density at radius 3 is 2.38 bits per heavy atom. The maximum atomic E-state index is 12.5. The summed E-state index contributed by atoms with van der Waals surface area (Å²) in [5.74, 6) is -1.33. The van der Waals surface area contributed by atoms with E-state index in [-0.39, 0.29) is 8.55 Å². The van der Waals surface area contributed by atoms with E-state index in [1.165, 1.54) is 20.8 Å². The van der Waals surface area contributed by atoms with Gasteiger partial charge in [0.15, 0.2) is 4.34 Å². The highest BCUT2D eigenvalue weighted by atomic mass is 35.5. The number of hydrogen-bond donors (Lipinski definition) is 1. The molecule has 0 unspecified atom stereocenters. The van der Waals surface area contributed by atoms with E-state index in [0.717, 1.165) is 10.4 Å². The monoisotopic (exact) mass is 356 g/mol. The molecule has 0 aliphatic heterocycles. The molecule has 0 saturated carbocycles. The smallest absolute Gasteiger partial charge is 0.318 e. The molecule has 21 heavy (non-hydrogen) atoms. The molecular formula is C10H13ClN2O6S2. The SMILES string of the molecule is CC(C)(C)N(CC(=O)O)S(=O)(=O)c1cc([N+](=O)[O-])c(Cl)s1. The molecule has 0 fully saturated rings. The molecule has 1 rings (SSSR count). The lowest BCUT2D eigenvalue weighted by Crippen LogP contribution is -2.47. The van der Waals surface area contributed by atoms with Crippen LogP contribution in [0.3, 0.4) is 0 Å². The van der Waals surface area contributed by atoms with Gasteiger partial charge in [-0.25, -0.2) is 8.42 Å². The van der Waals surface area contributed by atoms with Crippen molar-refractivity contribution in [3.8, 4) is 0 Å². The number of aliphatic carboxylic acids is 1. The Kier molecular flexibility index (Phi) is 4.98. The van der Waals surface area contributed by atoms with E-state index < -0.39 is 38.7 Å². The van der Waals surface area contributed by atoms with Crippen LogP contribution in [-0.2, 0) is 14.8 Å². The highest BCUT2D eigenvalue weighted by molar-refractivity contribution is 7.91. The first kappa shape index (κ1) is 17.8. The van der Waals surface area contributed by atoms with Crippen LogP contribution in [0.5, 0.6) is 0 Å². The summed E-state index contributed by atoms with van der Waals surface area (Å²) in [4.78, 5) is 20.8. The molecule has 0 aliphatic rings. The van der Waals surface area contributed by atoms with E-state index in [0.29, 0.717) is 11.3 Å². The van der Waals surface area contributed by atoms with Crippen molar-refractivity contribution >= 4 is 44.6 Å². The zero-order chi connectivity index (χ0) is 16.6. The summed E-state index contributed by atoms with van der Waals surface area (Å²) < 4.78 is 25.1. The normalized spacial score (nSPS) is 12.6. The Morgan fingerprint density at radius 2 is 2.05 bits per heavy atom. The van der Waals surface area contributed by atoms with E-state index in [2.05, 4.69) is 0 Å². The fourth-order valence-corrected chi connectivity index (χ4v) is 5.02. The summed E-state index contributed by atoms with van der Waals surface area (Å²) in [5.41, 5.74) is -1.54. The van der Waals surface area contributed by atoms with Crippen molar-refractivity contribution in [3.63, 3.8) is 0 Å². The minimum atomic E-state index is -4.21. The van der Waals surface area contributed by atoms with Gasteiger partial charge >= 0.3 is 5.97 Å². The van der Waals surface area contributed by atoms with E-state index in [1.807, 2.05) is 0 Å². The summed E-state index contributed by atoms with van der Waals surface area (Å²) in [6, 6.07) is 0.836. The first-order valence-electron chi connectivity index (χ1n) is 5.55. The van der Waals surface area contributed by atoms with Gasteiger partial charge in [0.25, 0.3) is 15.7 Å². The van der Waals surface area contributed by atoms with Gasteiger partial charge in [-0.05, 0) is 20.8 Å². The van der Waals surface area contributed by atoms with Crippen LogP contribution >= 0.6 is 22.9 Å². The molecule has 0 aliphatic carbocycles. The molecule has 8 nitrogen and oxygen atoms in total. The standard InChI is InChI=1S/C10H13ClN2O6S2/c1-10(2,3)12(5-7(14)15)21(18,19)8-4-6(13(16)17)9(11)20-8/h4H,5H2,1-3H3,(H,14,15). The van der Waals surface area contributed by atoms with Gasteiger partial charge in [0.05, 0.1) is 4.92 Å². The van der Waals surface area contributed by atoms with Crippen LogP contribution in [0.25, 0.3) is 0 Å². The van der Waals surface area contributed by atoms with Gasteiger partial charge in [-0.15, -0.1) is 11.3 Å². The fraction of sp³-hybridized carbons (Fsp3) is 0.500. The second-order valence-corrected chi connectivity index (χ2v) is 8.80.